The minimum atomic E-state index is -2.78. The van der Waals surface area contributed by atoms with Crippen LogP contribution in [-0.2, 0) is 9.84 Å². The zero-order chi connectivity index (χ0) is 14.0. The lowest BCUT2D eigenvalue weighted by molar-refractivity contribution is 0.575. The third-order valence-corrected chi connectivity index (χ3v) is 6.24. The molecule has 4 nitrogen and oxygen atoms in total. The van der Waals surface area contributed by atoms with E-state index < -0.39 is 9.84 Å². The monoisotopic (exact) mass is 310 g/mol. The molecule has 0 aliphatic carbocycles. The van der Waals surface area contributed by atoms with Crippen molar-refractivity contribution in [3.05, 3.63) is 30.3 Å². The van der Waals surface area contributed by atoms with E-state index in [0.29, 0.717) is 11.5 Å². The summed E-state index contributed by atoms with van der Waals surface area (Å²) in [6.07, 6.45) is 0.749. The molecule has 1 atom stereocenters. The van der Waals surface area contributed by atoms with Crippen LogP contribution in [0.15, 0.2) is 35.4 Å². The average Bonchev–Trinajstić information content (AvgIpc) is 2.97. The van der Waals surface area contributed by atoms with E-state index in [9.17, 15) is 8.42 Å². The standard InChI is InChI=1S/C14H18N2O2S2/c17-20(18)8-5-12(10-20)15-6-7-19-14-9-11-3-1-2-4-13(11)16-14/h1-4,9,12,15-16H,5-8,10H2. The highest BCUT2D eigenvalue weighted by molar-refractivity contribution is 7.99. The van der Waals surface area contributed by atoms with Crippen LogP contribution in [0.25, 0.3) is 10.9 Å². The van der Waals surface area contributed by atoms with Gasteiger partial charge in [-0.25, -0.2) is 8.42 Å². The Bertz CT molecular complexity index is 661. The van der Waals surface area contributed by atoms with Crippen molar-refractivity contribution in [2.75, 3.05) is 23.8 Å². The SMILES string of the molecule is O=S1(=O)CCC(NCCSc2cc3ccccc3[nH]2)C1. The van der Waals surface area contributed by atoms with Crippen LogP contribution in [0.1, 0.15) is 6.42 Å². The smallest absolute Gasteiger partial charge is 0.151 e. The van der Waals surface area contributed by atoms with E-state index >= 15 is 0 Å². The fourth-order valence-corrected chi connectivity index (χ4v) is 5.04. The topological polar surface area (TPSA) is 62.0 Å². The number of aromatic amines is 1. The summed E-state index contributed by atoms with van der Waals surface area (Å²) in [5.41, 5.74) is 1.16. The Morgan fingerprint density at radius 3 is 2.95 bits per heavy atom. The summed E-state index contributed by atoms with van der Waals surface area (Å²) in [5.74, 6) is 1.56. The van der Waals surface area contributed by atoms with Gasteiger partial charge in [-0.15, -0.1) is 11.8 Å². The van der Waals surface area contributed by atoms with Crippen molar-refractivity contribution < 1.29 is 8.42 Å². The van der Waals surface area contributed by atoms with Gasteiger partial charge in [0.1, 0.15) is 0 Å². The molecule has 1 aromatic heterocycles. The van der Waals surface area contributed by atoms with Crippen LogP contribution in [0.2, 0.25) is 0 Å². The number of rotatable bonds is 5. The van der Waals surface area contributed by atoms with Crippen LogP contribution in [0.3, 0.4) is 0 Å². The summed E-state index contributed by atoms with van der Waals surface area (Å²) in [6.45, 7) is 0.834. The minimum Gasteiger partial charge on any atom is -0.350 e. The van der Waals surface area contributed by atoms with Crippen LogP contribution in [0.5, 0.6) is 0 Å². The molecule has 0 saturated carbocycles. The zero-order valence-electron chi connectivity index (χ0n) is 11.1. The number of sulfone groups is 1. The molecule has 0 spiro atoms. The van der Waals surface area contributed by atoms with Crippen molar-refractivity contribution in [1.29, 1.82) is 0 Å². The van der Waals surface area contributed by atoms with E-state index in [4.69, 9.17) is 0 Å². The molecule has 1 saturated heterocycles. The van der Waals surface area contributed by atoms with Gasteiger partial charge in [0.15, 0.2) is 9.84 Å². The Balaban J connectivity index is 1.46. The van der Waals surface area contributed by atoms with Crippen molar-refractivity contribution >= 4 is 32.5 Å². The first-order valence-electron chi connectivity index (χ1n) is 6.77. The summed E-state index contributed by atoms with van der Waals surface area (Å²) in [6, 6.07) is 10.5. The quantitative estimate of drug-likeness (QED) is 0.655. The van der Waals surface area contributed by atoms with Crippen molar-refractivity contribution in [3.63, 3.8) is 0 Å². The van der Waals surface area contributed by atoms with Gasteiger partial charge in [0.2, 0.25) is 0 Å². The van der Waals surface area contributed by atoms with E-state index in [2.05, 4.69) is 28.5 Å². The van der Waals surface area contributed by atoms with Gasteiger partial charge in [-0.2, -0.15) is 0 Å². The summed E-state index contributed by atoms with van der Waals surface area (Å²) in [4.78, 5) is 3.38. The van der Waals surface area contributed by atoms with E-state index in [-0.39, 0.29) is 6.04 Å². The van der Waals surface area contributed by atoms with Crippen LogP contribution in [0.4, 0.5) is 0 Å². The second-order valence-electron chi connectivity index (χ2n) is 5.12. The number of para-hydroxylation sites is 1. The van der Waals surface area contributed by atoms with Crippen molar-refractivity contribution in [3.8, 4) is 0 Å². The lowest BCUT2D eigenvalue weighted by atomic mass is 10.3. The molecule has 0 bridgehead atoms. The normalized spacial score (nSPS) is 21.5. The number of nitrogens with one attached hydrogen (secondary N) is 2. The van der Waals surface area contributed by atoms with Gasteiger partial charge in [-0.3, -0.25) is 0 Å². The third-order valence-electron chi connectivity index (χ3n) is 3.53. The van der Waals surface area contributed by atoms with Crippen LogP contribution >= 0.6 is 11.8 Å². The molecule has 6 heteroatoms. The number of hydrogen-bond acceptors (Lipinski definition) is 4. The zero-order valence-corrected chi connectivity index (χ0v) is 12.8. The van der Waals surface area contributed by atoms with E-state index in [0.717, 1.165) is 29.3 Å². The largest absolute Gasteiger partial charge is 0.350 e. The number of fused-ring (bicyclic) bond motifs is 1. The third kappa shape index (κ3) is 3.37. The van der Waals surface area contributed by atoms with Gasteiger partial charge >= 0.3 is 0 Å². The fraction of sp³-hybridized carbons (Fsp3) is 0.429. The molecule has 1 fully saturated rings. The van der Waals surface area contributed by atoms with E-state index in [1.807, 2.05) is 12.1 Å². The summed E-state index contributed by atoms with van der Waals surface area (Å²) in [5, 5.41) is 5.71. The van der Waals surface area contributed by atoms with Crippen molar-refractivity contribution in [2.24, 2.45) is 0 Å². The maximum Gasteiger partial charge on any atom is 0.151 e. The first kappa shape index (κ1) is 14.0. The van der Waals surface area contributed by atoms with E-state index in [1.54, 1.807) is 11.8 Å². The molecule has 1 aliphatic rings. The highest BCUT2D eigenvalue weighted by Crippen LogP contribution is 2.22. The van der Waals surface area contributed by atoms with Gasteiger partial charge in [-0.05, 0) is 18.6 Å². The number of H-pyrrole nitrogens is 1. The number of thioether (sulfide) groups is 1. The molecule has 0 amide bonds. The highest BCUT2D eigenvalue weighted by atomic mass is 32.2. The maximum absolute atomic E-state index is 11.3. The predicted molar refractivity (Wildman–Crippen MR) is 84.1 cm³/mol. The fourth-order valence-electron chi connectivity index (χ4n) is 2.50. The van der Waals surface area contributed by atoms with Crippen LogP contribution in [-0.4, -0.2) is 43.2 Å². The van der Waals surface area contributed by atoms with Crippen LogP contribution in [0, 0.1) is 0 Å². The predicted octanol–water partition coefficient (Wildman–Crippen LogP) is 2.04. The molecular formula is C14H18N2O2S2. The molecule has 0 radical (unpaired) electrons. The van der Waals surface area contributed by atoms with Crippen LogP contribution < -0.4 is 5.32 Å². The Morgan fingerprint density at radius 2 is 2.20 bits per heavy atom. The number of hydrogen-bond donors (Lipinski definition) is 2. The molecule has 2 N–H and O–H groups in total. The maximum atomic E-state index is 11.3. The molecular weight excluding hydrogens is 292 g/mol. The lowest BCUT2D eigenvalue weighted by Gasteiger charge is -2.09. The number of benzene rings is 1. The Kier molecular flexibility index (Phi) is 4.05. The lowest BCUT2D eigenvalue weighted by Crippen LogP contribution is -2.31. The highest BCUT2D eigenvalue weighted by Gasteiger charge is 2.26. The minimum absolute atomic E-state index is 0.142. The number of aromatic nitrogens is 1. The van der Waals surface area contributed by atoms with Crippen molar-refractivity contribution in [1.82, 2.24) is 10.3 Å². The van der Waals surface area contributed by atoms with E-state index in [1.165, 1.54) is 5.39 Å². The molecule has 1 aliphatic heterocycles. The molecule has 20 heavy (non-hydrogen) atoms. The Morgan fingerprint density at radius 1 is 1.35 bits per heavy atom. The Hall–Kier alpha value is -0.980. The average molecular weight is 310 g/mol. The van der Waals surface area contributed by atoms with Gasteiger partial charge in [-0.1, -0.05) is 18.2 Å². The second-order valence-corrected chi connectivity index (χ2v) is 8.49. The Labute approximate surface area is 123 Å². The molecule has 2 aromatic rings. The summed E-state index contributed by atoms with van der Waals surface area (Å²) in [7, 11) is -2.78. The first-order chi connectivity index (χ1) is 9.62. The summed E-state index contributed by atoms with van der Waals surface area (Å²) >= 11 is 1.76. The molecule has 1 aromatic carbocycles. The second kappa shape index (κ2) is 5.79. The van der Waals surface area contributed by atoms with Crippen molar-refractivity contribution in [2.45, 2.75) is 17.5 Å². The molecule has 1 unspecified atom stereocenters. The van der Waals surface area contributed by atoms with Gasteiger partial charge in [0.05, 0.1) is 16.5 Å². The molecule has 108 valence electrons. The first-order valence-corrected chi connectivity index (χ1v) is 9.57. The molecule has 3 rings (SSSR count). The van der Waals surface area contributed by atoms with Gasteiger partial charge < -0.3 is 10.3 Å². The summed E-state index contributed by atoms with van der Waals surface area (Å²) < 4.78 is 22.7. The van der Waals surface area contributed by atoms with Gasteiger partial charge in [0.25, 0.3) is 0 Å². The molecule has 2 heterocycles. The van der Waals surface area contributed by atoms with Gasteiger partial charge in [0, 0.05) is 29.2 Å².